The number of anilines is 2. The maximum atomic E-state index is 4.79. The summed E-state index contributed by atoms with van der Waals surface area (Å²) in [7, 11) is 0. The Kier molecular flexibility index (Phi) is 4.44. The fraction of sp³-hybridized carbons (Fsp3) is 0.500. The van der Waals surface area contributed by atoms with Crippen molar-refractivity contribution in [2.75, 3.05) is 11.9 Å². The maximum absolute atomic E-state index is 4.79. The number of hydrogen-bond donors (Lipinski definition) is 2. The lowest BCUT2D eigenvalue weighted by molar-refractivity contribution is 0.146. The zero-order chi connectivity index (χ0) is 17.4. The molecule has 1 aromatic carbocycles. The van der Waals surface area contributed by atoms with E-state index in [1.165, 1.54) is 35.2 Å². The molecule has 25 heavy (non-hydrogen) atoms. The van der Waals surface area contributed by atoms with Crippen LogP contribution in [0.3, 0.4) is 0 Å². The van der Waals surface area contributed by atoms with Crippen molar-refractivity contribution in [3.05, 3.63) is 46.8 Å². The summed E-state index contributed by atoms with van der Waals surface area (Å²) in [6.07, 6.45) is 4.44. The van der Waals surface area contributed by atoms with Crippen LogP contribution in [0.4, 0.5) is 11.6 Å². The minimum atomic E-state index is 0.607. The van der Waals surface area contributed by atoms with Crippen LogP contribution in [-0.4, -0.2) is 33.5 Å². The average Bonchev–Trinajstić information content (AvgIpc) is 2.97. The van der Waals surface area contributed by atoms with E-state index >= 15 is 0 Å². The van der Waals surface area contributed by atoms with Crippen LogP contribution in [0.2, 0.25) is 0 Å². The summed E-state index contributed by atoms with van der Waals surface area (Å²) in [4.78, 5) is 11.9. The van der Waals surface area contributed by atoms with Crippen molar-refractivity contribution in [3.63, 3.8) is 0 Å². The van der Waals surface area contributed by atoms with Gasteiger partial charge in [-0.15, -0.1) is 0 Å². The number of rotatable bonds is 3. The van der Waals surface area contributed by atoms with Crippen LogP contribution in [0.15, 0.2) is 24.4 Å². The molecule has 1 aromatic heterocycles. The van der Waals surface area contributed by atoms with Crippen molar-refractivity contribution < 1.29 is 0 Å². The number of piperidine rings is 1. The van der Waals surface area contributed by atoms with Gasteiger partial charge in [0.05, 0.1) is 5.69 Å². The third kappa shape index (κ3) is 3.67. The molecule has 0 amide bonds. The second-order valence-corrected chi connectivity index (χ2v) is 7.61. The topological polar surface area (TPSA) is 53.1 Å². The molecule has 1 fully saturated rings. The Morgan fingerprint density at radius 3 is 2.72 bits per heavy atom. The Balaban J connectivity index is 1.48. The Hall–Kier alpha value is -1.98. The molecule has 0 aliphatic carbocycles. The van der Waals surface area contributed by atoms with E-state index in [-0.39, 0.29) is 0 Å². The molecule has 0 spiro atoms. The minimum absolute atomic E-state index is 0.607. The van der Waals surface area contributed by atoms with E-state index in [4.69, 9.17) is 4.98 Å². The van der Waals surface area contributed by atoms with Crippen LogP contribution in [0, 0.1) is 13.8 Å². The van der Waals surface area contributed by atoms with Crippen LogP contribution in [0.25, 0.3) is 0 Å². The monoisotopic (exact) mass is 337 g/mol. The second-order valence-electron chi connectivity index (χ2n) is 7.61. The van der Waals surface area contributed by atoms with E-state index in [0.717, 1.165) is 25.3 Å². The highest BCUT2D eigenvalue weighted by Gasteiger charge is 2.30. The predicted octanol–water partition coefficient (Wildman–Crippen LogP) is 3.29. The van der Waals surface area contributed by atoms with Gasteiger partial charge in [0, 0.05) is 42.6 Å². The molecule has 2 N–H and O–H groups in total. The van der Waals surface area contributed by atoms with E-state index in [1.807, 2.05) is 6.20 Å². The van der Waals surface area contributed by atoms with E-state index in [9.17, 15) is 0 Å². The van der Waals surface area contributed by atoms with Gasteiger partial charge in [-0.25, -0.2) is 9.97 Å². The van der Waals surface area contributed by atoms with Gasteiger partial charge in [-0.3, -0.25) is 4.90 Å². The van der Waals surface area contributed by atoms with Gasteiger partial charge >= 0.3 is 0 Å². The van der Waals surface area contributed by atoms with Crippen molar-refractivity contribution >= 4 is 11.6 Å². The van der Waals surface area contributed by atoms with Gasteiger partial charge in [-0.1, -0.05) is 6.07 Å². The summed E-state index contributed by atoms with van der Waals surface area (Å²) in [6, 6.07) is 7.70. The molecule has 2 aliphatic rings. The van der Waals surface area contributed by atoms with Crippen LogP contribution in [-0.2, 0) is 13.1 Å². The highest BCUT2D eigenvalue weighted by molar-refractivity contribution is 5.56. The molecule has 5 heteroatoms. The fourth-order valence-corrected chi connectivity index (χ4v) is 4.11. The van der Waals surface area contributed by atoms with E-state index < -0.39 is 0 Å². The van der Waals surface area contributed by atoms with Crippen LogP contribution >= 0.6 is 0 Å². The van der Waals surface area contributed by atoms with Crippen molar-refractivity contribution in [1.29, 1.82) is 0 Å². The Labute approximate surface area is 149 Å². The summed E-state index contributed by atoms with van der Waals surface area (Å²) in [5, 5.41) is 6.90. The van der Waals surface area contributed by atoms with E-state index in [0.29, 0.717) is 18.0 Å². The van der Waals surface area contributed by atoms with Gasteiger partial charge < -0.3 is 10.6 Å². The SMILES string of the molecule is Cc1cc(C)cc(Nc2ncc3c(n2)CN(C2CCNC(C)C2)C3)c1. The summed E-state index contributed by atoms with van der Waals surface area (Å²) in [5.41, 5.74) is 5.99. The zero-order valence-corrected chi connectivity index (χ0v) is 15.3. The quantitative estimate of drug-likeness (QED) is 0.900. The zero-order valence-electron chi connectivity index (χ0n) is 15.3. The molecular weight excluding hydrogens is 310 g/mol. The lowest BCUT2D eigenvalue weighted by Gasteiger charge is -2.34. The first-order chi connectivity index (χ1) is 12.1. The summed E-state index contributed by atoms with van der Waals surface area (Å²) < 4.78 is 0. The van der Waals surface area contributed by atoms with Gasteiger partial charge in [0.25, 0.3) is 0 Å². The van der Waals surface area contributed by atoms with Crippen molar-refractivity contribution in [3.8, 4) is 0 Å². The molecule has 0 saturated carbocycles. The molecule has 5 nitrogen and oxygen atoms in total. The normalized spacial score (nSPS) is 23.5. The van der Waals surface area contributed by atoms with Crippen molar-refractivity contribution in [2.24, 2.45) is 0 Å². The van der Waals surface area contributed by atoms with E-state index in [1.54, 1.807) is 0 Å². The summed E-state index contributed by atoms with van der Waals surface area (Å²) >= 11 is 0. The number of fused-ring (bicyclic) bond motifs is 1. The Bertz CT molecular complexity index is 752. The fourth-order valence-electron chi connectivity index (χ4n) is 4.11. The maximum Gasteiger partial charge on any atom is 0.227 e. The van der Waals surface area contributed by atoms with Crippen molar-refractivity contribution in [2.45, 2.75) is 58.8 Å². The highest BCUT2D eigenvalue weighted by atomic mass is 15.2. The molecule has 2 unspecified atom stereocenters. The number of nitrogens with zero attached hydrogens (tertiary/aromatic N) is 3. The molecule has 0 bridgehead atoms. The molecule has 4 rings (SSSR count). The lowest BCUT2D eigenvalue weighted by atomic mass is 9.99. The predicted molar refractivity (Wildman–Crippen MR) is 101 cm³/mol. The summed E-state index contributed by atoms with van der Waals surface area (Å²) in [6.45, 7) is 9.54. The number of benzene rings is 1. The second kappa shape index (κ2) is 6.73. The van der Waals surface area contributed by atoms with Gasteiger partial charge in [0.2, 0.25) is 5.95 Å². The smallest absolute Gasteiger partial charge is 0.227 e. The number of hydrogen-bond acceptors (Lipinski definition) is 5. The third-order valence-corrected chi connectivity index (χ3v) is 5.27. The summed E-state index contributed by atoms with van der Waals surface area (Å²) in [5.74, 6) is 0.698. The number of aryl methyl sites for hydroxylation is 2. The van der Waals surface area contributed by atoms with Crippen molar-refractivity contribution in [1.82, 2.24) is 20.2 Å². The Morgan fingerprint density at radius 2 is 1.96 bits per heavy atom. The third-order valence-electron chi connectivity index (χ3n) is 5.27. The average molecular weight is 337 g/mol. The van der Waals surface area contributed by atoms with Crippen LogP contribution in [0.5, 0.6) is 0 Å². The number of nitrogens with one attached hydrogen (secondary N) is 2. The first-order valence-electron chi connectivity index (χ1n) is 9.24. The standard InChI is InChI=1S/C20H27N5/c1-13-6-14(2)8-17(7-13)23-20-22-10-16-11-25(12-19(16)24-20)18-4-5-21-15(3)9-18/h6-8,10,15,18,21H,4-5,9,11-12H2,1-3H3,(H,22,23,24). The molecule has 2 aromatic rings. The van der Waals surface area contributed by atoms with Gasteiger partial charge in [0.1, 0.15) is 0 Å². The molecule has 2 aliphatic heterocycles. The minimum Gasteiger partial charge on any atom is -0.324 e. The van der Waals surface area contributed by atoms with Gasteiger partial charge in [-0.05, 0) is 63.4 Å². The van der Waals surface area contributed by atoms with Gasteiger partial charge in [-0.2, -0.15) is 0 Å². The number of aromatic nitrogens is 2. The first kappa shape index (κ1) is 16.5. The largest absolute Gasteiger partial charge is 0.324 e. The molecular formula is C20H27N5. The Morgan fingerprint density at radius 1 is 1.16 bits per heavy atom. The lowest BCUT2D eigenvalue weighted by Crippen LogP contribution is -2.45. The molecule has 3 heterocycles. The molecule has 2 atom stereocenters. The molecule has 132 valence electrons. The first-order valence-corrected chi connectivity index (χ1v) is 9.24. The highest BCUT2D eigenvalue weighted by Crippen LogP contribution is 2.28. The van der Waals surface area contributed by atoms with Crippen LogP contribution < -0.4 is 10.6 Å². The van der Waals surface area contributed by atoms with Crippen LogP contribution in [0.1, 0.15) is 42.1 Å². The molecule has 0 radical (unpaired) electrons. The van der Waals surface area contributed by atoms with Gasteiger partial charge in [0.15, 0.2) is 0 Å². The van der Waals surface area contributed by atoms with E-state index in [2.05, 4.69) is 59.5 Å². The molecule has 1 saturated heterocycles.